The van der Waals surface area contributed by atoms with Crippen LogP contribution in [0.2, 0.25) is 0 Å². The first kappa shape index (κ1) is 28.9. The van der Waals surface area contributed by atoms with Crippen molar-refractivity contribution in [3.05, 3.63) is 51.9 Å². The number of fused-ring (bicyclic) bond motifs is 1. The number of aliphatic hydroxyl groups excluding tert-OH is 1. The number of aromatic nitrogens is 3. The Morgan fingerprint density at radius 3 is 2.69 bits per heavy atom. The third kappa shape index (κ3) is 6.75. The molecule has 212 valence electrons. The molecular formula is C29H41N5O5. The van der Waals surface area contributed by atoms with E-state index in [1.165, 1.54) is 0 Å². The predicted octanol–water partition coefficient (Wildman–Crippen LogP) is 2.08. The summed E-state index contributed by atoms with van der Waals surface area (Å²) in [5.41, 5.74) is 4.21. The van der Waals surface area contributed by atoms with E-state index >= 15 is 0 Å². The normalized spacial score (nSPS) is 18.0. The molecule has 1 aliphatic rings. The third-order valence-corrected chi connectivity index (χ3v) is 7.17. The Kier molecular flexibility index (Phi) is 9.22. The van der Waals surface area contributed by atoms with E-state index in [1.54, 1.807) is 18.5 Å². The topological polar surface area (TPSA) is 111 Å². The Morgan fingerprint density at radius 1 is 1.26 bits per heavy atom. The standard InChI is InChI=1S/C29H41N5O5/c1-18(2)16-39-29(37)26(20(4)35)30-13-21-7-8-25-24(12-21)31-27(22-11-19(3)28(36)33(6)14-22)34(25)15-23-17-38-10-9-32(23)5/h7-8,11-12,14,18,20,23,26,30,35H,9-10,13,15-17H2,1-6H3/t20-,23?,26+/m1/s1. The van der Waals surface area contributed by atoms with Crippen LogP contribution in [0.3, 0.4) is 0 Å². The van der Waals surface area contributed by atoms with Crippen LogP contribution in [0.5, 0.6) is 0 Å². The predicted molar refractivity (Wildman–Crippen MR) is 150 cm³/mol. The van der Waals surface area contributed by atoms with Crippen molar-refractivity contribution in [2.75, 3.05) is 33.4 Å². The Bertz CT molecular complexity index is 1340. The van der Waals surface area contributed by atoms with Crippen LogP contribution in [0.4, 0.5) is 0 Å². The van der Waals surface area contributed by atoms with Gasteiger partial charge in [-0.25, -0.2) is 4.98 Å². The average molecular weight is 540 g/mol. The number of nitrogens with one attached hydrogen (secondary N) is 1. The summed E-state index contributed by atoms with van der Waals surface area (Å²) in [4.78, 5) is 32.2. The summed E-state index contributed by atoms with van der Waals surface area (Å²) in [5, 5.41) is 13.3. The molecule has 1 saturated heterocycles. The molecule has 1 aromatic carbocycles. The zero-order chi connectivity index (χ0) is 28.3. The molecule has 39 heavy (non-hydrogen) atoms. The summed E-state index contributed by atoms with van der Waals surface area (Å²) >= 11 is 0. The molecule has 10 heteroatoms. The van der Waals surface area contributed by atoms with Crippen molar-refractivity contribution in [2.24, 2.45) is 13.0 Å². The van der Waals surface area contributed by atoms with Crippen LogP contribution in [-0.2, 0) is 34.4 Å². The monoisotopic (exact) mass is 539 g/mol. The highest BCUT2D eigenvalue weighted by molar-refractivity contribution is 5.81. The molecule has 2 N–H and O–H groups in total. The van der Waals surface area contributed by atoms with Crippen LogP contribution in [0, 0.1) is 12.8 Å². The lowest BCUT2D eigenvalue weighted by molar-refractivity contribution is -0.150. The van der Waals surface area contributed by atoms with Crippen molar-refractivity contribution in [1.82, 2.24) is 24.3 Å². The number of esters is 1. The maximum absolute atomic E-state index is 12.5. The Morgan fingerprint density at radius 2 is 2.03 bits per heavy atom. The highest BCUT2D eigenvalue weighted by atomic mass is 16.5. The number of imidazole rings is 1. The van der Waals surface area contributed by atoms with Gasteiger partial charge < -0.3 is 23.7 Å². The molecule has 3 atom stereocenters. The molecule has 0 amide bonds. The highest BCUT2D eigenvalue weighted by Crippen LogP contribution is 2.27. The maximum Gasteiger partial charge on any atom is 0.325 e. The number of morpholine rings is 1. The third-order valence-electron chi connectivity index (χ3n) is 7.17. The van der Waals surface area contributed by atoms with Gasteiger partial charge in [0, 0.05) is 44.0 Å². The van der Waals surface area contributed by atoms with Gasteiger partial charge in [-0.05, 0) is 50.6 Å². The first-order valence-corrected chi connectivity index (χ1v) is 13.6. The largest absolute Gasteiger partial charge is 0.464 e. The fourth-order valence-corrected chi connectivity index (χ4v) is 4.85. The smallest absolute Gasteiger partial charge is 0.325 e. The fraction of sp³-hybridized carbons (Fsp3) is 0.552. The average Bonchev–Trinajstić information content (AvgIpc) is 3.24. The molecule has 1 aliphatic heterocycles. The van der Waals surface area contributed by atoms with Crippen LogP contribution in [-0.4, -0.2) is 81.7 Å². The van der Waals surface area contributed by atoms with Gasteiger partial charge in [0.25, 0.3) is 5.56 Å². The lowest BCUT2D eigenvalue weighted by atomic mass is 10.1. The number of carbonyl (C=O) groups is 1. The van der Waals surface area contributed by atoms with Crippen molar-refractivity contribution in [2.45, 2.75) is 59.0 Å². The van der Waals surface area contributed by atoms with E-state index in [-0.39, 0.29) is 17.5 Å². The van der Waals surface area contributed by atoms with Gasteiger partial charge in [-0.3, -0.25) is 19.8 Å². The second-order valence-corrected chi connectivity index (χ2v) is 11.0. The van der Waals surface area contributed by atoms with E-state index in [0.717, 1.165) is 41.1 Å². The van der Waals surface area contributed by atoms with E-state index in [9.17, 15) is 14.7 Å². The van der Waals surface area contributed by atoms with Gasteiger partial charge >= 0.3 is 5.97 Å². The zero-order valence-electron chi connectivity index (χ0n) is 23.8. The molecule has 3 aromatic rings. The molecule has 0 spiro atoms. The Labute approximate surface area is 229 Å². The summed E-state index contributed by atoms with van der Waals surface area (Å²) in [6, 6.07) is 7.28. The lowest BCUT2D eigenvalue weighted by Gasteiger charge is -2.33. The molecule has 4 rings (SSSR count). The lowest BCUT2D eigenvalue weighted by Crippen LogP contribution is -2.45. The Balaban J connectivity index is 1.66. The van der Waals surface area contributed by atoms with Gasteiger partial charge in [0.2, 0.25) is 0 Å². The molecule has 0 aliphatic carbocycles. The summed E-state index contributed by atoms with van der Waals surface area (Å²) in [6.45, 7) is 10.9. The van der Waals surface area contributed by atoms with Gasteiger partial charge in [0.15, 0.2) is 0 Å². The molecule has 2 aromatic heterocycles. The van der Waals surface area contributed by atoms with E-state index in [4.69, 9.17) is 14.5 Å². The van der Waals surface area contributed by atoms with Crippen molar-refractivity contribution in [3.63, 3.8) is 0 Å². The molecule has 0 bridgehead atoms. The molecule has 3 heterocycles. The number of hydrogen-bond donors (Lipinski definition) is 2. The van der Waals surface area contributed by atoms with Crippen LogP contribution in [0.15, 0.2) is 35.3 Å². The second kappa shape index (κ2) is 12.4. The fourth-order valence-electron chi connectivity index (χ4n) is 4.85. The summed E-state index contributed by atoms with van der Waals surface area (Å²) in [7, 11) is 3.86. The van der Waals surface area contributed by atoms with E-state index in [1.807, 2.05) is 51.2 Å². The van der Waals surface area contributed by atoms with Crippen LogP contribution in [0.25, 0.3) is 22.4 Å². The number of pyridine rings is 1. The van der Waals surface area contributed by atoms with Crippen molar-refractivity contribution < 1.29 is 19.4 Å². The van der Waals surface area contributed by atoms with Gasteiger partial charge in [-0.1, -0.05) is 19.9 Å². The molecule has 1 fully saturated rings. The first-order chi connectivity index (χ1) is 18.5. The number of rotatable bonds is 10. The maximum atomic E-state index is 12.5. The molecule has 0 saturated carbocycles. The summed E-state index contributed by atoms with van der Waals surface area (Å²) < 4.78 is 14.9. The highest BCUT2D eigenvalue weighted by Gasteiger charge is 2.26. The molecule has 1 unspecified atom stereocenters. The summed E-state index contributed by atoms with van der Waals surface area (Å²) in [6.07, 6.45) is 0.925. The number of hydrogen-bond acceptors (Lipinski definition) is 8. The zero-order valence-corrected chi connectivity index (χ0v) is 23.8. The quantitative estimate of drug-likeness (QED) is 0.377. The minimum absolute atomic E-state index is 0.0326. The van der Waals surface area contributed by atoms with E-state index in [0.29, 0.717) is 31.9 Å². The number of aliphatic hydroxyl groups is 1. The second-order valence-electron chi connectivity index (χ2n) is 11.0. The van der Waals surface area contributed by atoms with Crippen molar-refractivity contribution >= 4 is 17.0 Å². The van der Waals surface area contributed by atoms with Crippen LogP contribution < -0.4 is 10.9 Å². The number of aryl methyl sites for hydroxylation is 2. The van der Waals surface area contributed by atoms with E-state index < -0.39 is 18.1 Å². The van der Waals surface area contributed by atoms with Crippen LogP contribution in [0.1, 0.15) is 31.9 Å². The minimum atomic E-state index is -0.901. The van der Waals surface area contributed by atoms with Crippen molar-refractivity contribution in [3.8, 4) is 11.4 Å². The number of ether oxygens (including phenoxy) is 2. The van der Waals surface area contributed by atoms with Gasteiger partial charge in [-0.2, -0.15) is 0 Å². The van der Waals surface area contributed by atoms with E-state index in [2.05, 4.69) is 21.8 Å². The molecule has 0 radical (unpaired) electrons. The van der Waals surface area contributed by atoms with Gasteiger partial charge in [0.1, 0.15) is 11.9 Å². The molecule has 10 nitrogen and oxygen atoms in total. The number of carbonyl (C=O) groups excluding carboxylic acids is 1. The number of nitrogens with zero attached hydrogens (tertiary/aromatic N) is 4. The minimum Gasteiger partial charge on any atom is -0.464 e. The van der Waals surface area contributed by atoms with Crippen molar-refractivity contribution in [1.29, 1.82) is 0 Å². The first-order valence-electron chi connectivity index (χ1n) is 13.6. The number of likely N-dealkylation sites (N-methyl/N-ethyl adjacent to an activating group) is 1. The van der Waals surface area contributed by atoms with Gasteiger partial charge in [0.05, 0.1) is 43.0 Å². The Hall–Kier alpha value is -3.05. The number of benzene rings is 1. The summed E-state index contributed by atoms with van der Waals surface area (Å²) in [5.74, 6) is 0.535. The van der Waals surface area contributed by atoms with Crippen LogP contribution >= 0.6 is 0 Å². The van der Waals surface area contributed by atoms with Gasteiger partial charge in [-0.15, -0.1) is 0 Å². The SMILES string of the molecule is Cc1cc(-c2nc3cc(CN[C@H](C(=O)OCC(C)C)[C@@H](C)O)ccc3n2CC2COCCN2C)cn(C)c1=O. The molecular weight excluding hydrogens is 498 g/mol.